The van der Waals surface area contributed by atoms with Crippen LogP contribution in [0.1, 0.15) is 45.7 Å². The number of carbonyl (C=O) groups is 2. The Bertz CT molecular complexity index is 733. The van der Waals surface area contributed by atoms with Gasteiger partial charge in [0.05, 0.1) is 25.4 Å². The molecule has 0 radical (unpaired) electrons. The second-order valence-electron chi connectivity index (χ2n) is 7.85. The Morgan fingerprint density at radius 1 is 1.18 bits per heavy atom. The molecule has 1 aromatic carbocycles. The summed E-state index contributed by atoms with van der Waals surface area (Å²) in [5.41, 5.74) is -0.591. The topological polar surface area (TPSA) is 77.1 Å². The number of urea groups is 1. The lowest BCUT2D eigenvalue weighted by Gasteiger charge is -2.57. The Kier molecular flexibility index (Phi) is 5.68. The minimum absolute atomic E-state index is 0.0620. The first kappa shape index (κ1) is 20.6. The standard InChI is InChI=1S/C21H30N2O5/c1-6-27-15-10-8-14(9-11-15)16(13-26-5)23-18(24)21(22-19(23)25)12-17(28-7-2)20(21,3)4/h8-11,16-17H,6-7,12-13H2,1-5H3,(H,22,25)/t16-,17+,21-/m0/s1. The highest BCUT2D eigenvalue weighted by Crippen LogP contribution is 2.54. The summed E-state index contributed by atoms with van der Waals surface area (Å²) in [4.78, 5) is 27.6. The molecule has 1 aliphatic heterocycles. The van der Waals surface area contributed by atoms with Gasteiger partial charge >= 0.3 is 6.03 Å². The largest absolute Gasteiger partial charge is 0.494 e. The van der Waals surface area contributed by atoms with Gasteiger partial charge in [0, 0.05) is 25.6 Å². The van der Waals surface area contributed by atoms with Gasteiger partial charge in [0.15, 0.2) is 0 Å². The molecule has 1 spiro atoms. The molecule has 2 fully saturated rings. The van der Waals surface area contributed by atoms with E-state index in [1.165, 1.54) is 4.90 Å². The van der Waals surface area contributed by atoms with Gasteiger partial charge in [-0.15, -0.1) is 0 Å². The molecule has 7 nitrogen and oxygen atoms in total. The van der Waals surface area contributed by atoms with Crippen LogP contribution in [0.5, 0.6) is 5.75 Å². The summed E-state index contributed by atoms with van der Waals surface area (Å²) < 4.78 is 16.6. The zero-order valence-electron chi connectivity index (χ0n) is 17.3. The molecule has 28 heavy (non-hydrogen) atoms. The van der Waals surface area contributed by atoms with E-state index in [-0.39, 0.29) is 24.6 Å². The normalized spacial score (nSPS) is 26.9. The highest BCUT2D eigenvalue weighted by molar-refractivity contribution is 6.09. The van der Waals surface area contributed by atoms with Crippen molar-refractivity contribution in [3.05, 3.63) is 29.8 Å². The summed E-state index contributed by atoms with van der Waals surface area (Å²) in [7, 11) is 1.56. The molecule has 154 valence electrons. The maximum absolute atomic E-state index is 13.5. The molecule has 1 N–H and O–H groups in total. The Morgan fingerprint density at radius 2 is 1.86 bits per heavy atom. The molecule has 1 saturated carbocycles. The van der Waals surface area contributed by atoms with E-state index in [9.17, 15) is 9.59 Å². The fourth-order valence-corrected chi connectivity index (χ4v) is 4.29. The molecule has 7 heteroatoms. The predicted octanol–water partition coefficient (Wildman–Crippen LogP) is 2.90. The summed E-state index contributed by atoms with van der Waals surface area (Å²) in [5.74, 6) is 0.533. The number of ether oxygens (including phenoxy) is 3. The molecule has 1 heterocycles. The molecule has 0 aromatic heterocycles. The number of nitrogens with zero attached hydrogens (tertiary/aromatic N) is 1. The summed E-state index contributed by atoms with van der Waals surface area (Å²) >= 11 is 0. The number of amides is 3. The van der Waals surface area contributed by atoms with Crippen LogP contribution in [0.3, 0.4) is 0 Å². The van der Waals surface area contributed by atoms with Crippen molar-refractivity contribution in [2.45, 2.75) is 51.8 Å². The minimum Gasteiger partial charge on any atom is -0.494 e. The van der Waals surface area contributed by atoms with Crippen molar-refractivity contribution in [2.24, 2.45) is 5.41 Å². The number of imide groups is 1. The van der Waals surface area contributed by atoms with E-state index in [4.69, 9.17) is 14.2 Å². The van der Waals surface area contributed by atoms with Gasteiger partial charge in [-0.2, -0.15) is 0 Å². The van der Waals surface area contributed by atoms with Crippen LogP contribution in [-0.4, -0.2) is 55.4 Å². The second kappa shape index (κ2) is 7.72. The van der Waals surface area contributed by atoms with Crippen molar-refractivity contribution in [1.82, 2.24) is 10.2 Å². The quantitative estimate of drug-likeness (QED) is 0.691. The number of rotatable bonds is 8. The number of hydrogen-bond acceptors (Lipinski definition) is 5. The molecule has 1 aliphatic carbocycles. The first-order chi connectivity index (χ1) is 13.3. The van der Waals surface area contributed by atoms with Crippen molar-refractivity contribution in [3.8, 4) is 5.75 Å². The Labute approximate surface area is 166 Å². The van der Waals surface area contributed by atoms with Crippen molar-refractivity contribution in [1.29, 1.82) is 0 Å². The molecule has 3 amide bonds. The van der Waals surface area contributed by atoms with Crippen molar-refractivity contribution >= 4 is 11.9 Å². The second-order valence-corrected chi connectivity index (χ2v) is 7.85. The van der Waals surface area contributed by atoms with Gasteiger partial charge in [-0.05, 0) is 31.5 Å². The molecule has 3 atom stereocenters. The lowest BCUT2D eigenvalue weighted by Crippen LogP contribution is -2.73. The van der Waals surface area contributed by atoms with Crippen molar-refractivity contribution in [3.63, 3.8) is 0 Å². The third-order valence-electron chi connectivity index (χ3n) is 6.10. The van der Waals surface area contributed by atoms with Crippen LogP contribution < -0.4 is 10.1 Å². The summed E-state index contributed by atoms with van der Waals surface area (Å²) in [6.45, 7) is 9.17. The van der Waals surface area contributed by atoms with Gasteiger partial charge in [-0.25, -0.2) is 4.79 Å². The van der Waals surface area contributed by atoms with Gasteiger partial charge in [0.2, 0.25) is 0 Å². The van der Waals surface area contributed by atoms with Crippen LogP contribution >= 0.6 is 0 Å². The average molecular weight is 390 g/mol. The summed E-state index contributed by atoms with van der Waals surface area (Å²) in [6, 6.07) is 6.53. The first-order valence-electron chi connectivity index (χ1n) is 9.81. The van der Waals surface area contributed by atoms with Crippen LogP contribution in [0.4, 0.5) is 4.79 Å². The number of carbonyl (C=O) groups excluding carboxylic acids is 2. The molecule has 0 bridgehead atoms. The number of benzene rings is 1. The highest BCUT2D eigenvalue weighted by Gasteiger charge is 2.71. The number of hydrogen-bond donors (Lipinski definition) is 1. The summed E-state index contributed by atoms with van der Waals surface area (Å²) in [5, 5.41) is 2.96. The minimum atomic E-state index is -0.929. The first-order valence-corrected chi connectivity index (χ1v) is 9.81. The Morgan fingerprint density at radius 3 is 2.39 bits per heavy atom. The maximum Gasteiger partial charge on any atom is 0.325 e. The van der Waals surface area contributed by atoms with Crippen molar-refractivity contribution in [2.75, 3.05) is 26.9 Å². The van der Waals surface area contributed by atoms with Crippen LogP contribution in [0.25, 0.3) is 0 Å². The van der Waals surface area contributed by atoms with Gasteiger partial charge in [0.25, 0.3) is 5.91 Å². The average Bonchev–Trinajstić information content (AvgIpc) is 2.93. The molecule has 1 saturated heterocycles. The molecular formula is C21H30N2O5. The van der Waals surface area contributed by atoms with Crippen LogP contribution in [-0.2, 0) is 14.3 Å². The van der Waals surface area contributed by atoms with E-state index in [1.807, 2.05) is 52.0 Å². The van der Waals surface area contributed by atoms with E-state index in [0.717, 1.165) is 11.3 Å². The number of nitrogens with one attached hydrogen (secondary N) is 1. The van der Waals surface area contributed by atoms with Crippen LogP contribution in [0, 0.1) is 5.41 Å². The Hall–Kier alpha value is -2.12. The van der Waals surface area contributed by atoms with Crippen molar-refractivity contribution < 1.29 is 23.8 Å². The van der Waals surface area contributed by atoms with E-state index < -0.39 is 17.0 Å². The molecule has 1 aromatic rings. The van der Waals surface area contributed by atoms with E-state index in [2.05, 4.69) is 5.32 Å². The highest BCUT2D eigenvalue weighted by atomic mass is 16.5. The zero-order chi connectivity index (χ0) is 20.5. The lowest BCUT2D eigenvalue weighted by molar-refractivity contribution is -0.176. The van der Waals surface area contributed by atoms with Crippen LogP contribution in [0.15, 0.2) is 24.3 Å². The SMILES string of the molecule is CCOc1ccc([C@H](COC)N2C(=O)N[C@@]3(C[C@@H](OCC)C3(C)C)C2=O)cc1. The smallest absolute Gasteiger partial charge is 0.325 e. The van der Waals surface area contributed by atoms with Crippen LogP contribution in [0.2, 0.25) is 0 Å². The van der Waals surface area contributed by atoms with E-state index in [0.29, 0.717) is 19.6 Å². The fraction of sp³-hybridized carbons (Fsp3) is 0.619. The third kappa shape index (κ3) is 3.06. The zero-order valence-corrected chi connectivity index (χ0v) is 17.3. The fourth-order valence-electron chi connectivity index (χ4n) is 4.29. The third-order valence-corrected chi connectivity index (χ3v) is 6.10. The van der Waals surface area contributed by atoms with E-state index in [1.54, 1.807) is 7.11 Å². The molecule has 0 unspecified atom stereocenters. The number of methoxy groups -OCH3 is 1. The maximum atomic E-state index is 13.5. The predicted molar refractivity (Wildman–Crippen MR) is 104 cm³/mol. The van der Waals surface area contributed by atoms with Gasteiger partial charge in [-0.1, -0.05) is 26.0 Å². The van der Waals surface area contributed by atoms with E-state index >= 15 is 0 Å². The van der Waals surface area contributed by atoms with Gasteiger partial charge in [-0.3, -0.25) is 9.69 Å². The Balaban J connectivity index is 1.88. The van der Waals surface area contributed by atoms with Gasteiger partial charge in [0.1, 0.15) is 11.3 Å². The lowest BCUT2D eigenvalue weighted by atomic mass is 9.54. The molecule has 2 aliphatic rings. The summed E-state index contributed by atoms with van der Waals surface area (Å²) in [6.07, 6.45) is 0.422. The molecule has 3 rings (SSSR count). The monoisotopic (exact) mass is 390 g/mol. The van der Waals surface area contributed by atoms with Gasteiger partial charge < -0.3 is 19.5 Å². The molecular weight excluding hydrogens is 360 g/mol.